The lowest BCUT2D eigenvalue weighted by atomic mass is 9.65. The maximum absolute atomic E-state index is 13.8. The van der Waals surface area contributed by atoms with E-state index in [1.165, 1.54) is 0 Å². The second-order valence-corrected chi connectivity index (χ2v) is 14.8. The average molecular weight is 681 g/mol. The van der Waals surface area contributed by atoms with Crippen LogP contribution in [0.25, 0.3) is 38.4 Å². The molecule has 1 heterocycles. The molecule has 1 fully saturated rings. The number of benzene rings is 7. The van der Waals surface area contributed by atoms with Crippen molar-refractivity contribution in [2.24, 2.45) is 0 Å². The summed E-state index contributed by atoms with van der Waals surface area (Å²) >= 11 is 0. The summed E-state index contributed by atoms with van der Waals surface area (Å²) in [6, 6.07) is 52.4. The van der Waals surface area contributed by atoms with Crippen LogP contribution in [0.5, 0.6) is 0 Å². The summed E-state index contributed by atoms with van der Waals surface area (Å²) in [6.45, 7) is 12.6. The molecule has 1 saturated heterocycles. The van der Waals surface area contributed by atoms with Gasteiger partial charge in [-0.3, -0.25) is 0 Å². The molecular weight excluding hydrogens is 637 g/mol. The van der Waals surface area contributed by atoms with Crippen molar-refractivity contribution >= 4 is 38.4 Å². The van der Waals surface area contributed by atoms with Gasteiger partial charge < -0.3 is 14.6 Å². The zero-order valence-electron chi connectivity index (χ0n) is 30.2. The lowest BCUT2D eigenvalue weighted by molar-refractivity contribution is -0.167. The Balaban J connectivity index is 1.41. The first kappa shape index (κ1) is 33.8. The molecule has 0 amide bonds. The molecule has 7 aromatic carbocycles. The highest BCUT2D eigenvalue weighted by molar-refractivity contribution is 5.86. The quantitative estimate of drug-likeness (QED) is 0.162. The Morgan fingerprint density at radius 2 is 1.02 bits per heavy atom. The van der Waals surface area contributed by atoms with Gasteiger partial charge in [0.15, 0.2) is 5.79 Å². The van der Waals surface area contributed by atoms with Gasteiger partial charge in [0, 0.05) is 5.41 Å². The normalized spacial score (nSPS) is 18.8. The van der Waals surface area contributed by atoms with Crippen LogP contribution in [-0.2, 0) is 20.5 Å². The number of allylic oxidation sites excluding steroid dienone is 1. The van der Waals surface area contributed by atoms with Gasteiger partial charge >= 0.3 is 0 Å². The molecule has 7 aromatic rings. The van der Waals surface area contributed by atoms with Crippen LogP contribution in [0.1, 0.15) is 48.6 Å². The minimum absolute atomic E-state index is 0.667. The van der Waals surface area contributed by atoms with Crippen molar-refractivity contribution in [3.05, 3.63) is 198 Å². The number of aliphatic hydroxyl groups is 1. The van der Waals surface area contributed by atoms with Crippen molar-refractivity contribution in [2.45, 2.75) is 56.7 Å². The van der Waals surface area contributed by atoms with E-state index in [-0.39, 0.29) is 0 Å². The number of fused-ring (bicyclic) bond motifs is 3. The second kappa shape index (κ2) is 13.0. The second-order valence-electron chi connectivity index (χ2n) is 14.8. The van der Waals surface area contributed by atoms with Gasteiger partial charge in [0.1, 0.15) is 17.8 Å². The van der Waals surface area contributed by atoms with Gasteiger partial charge in [-0.2, -0.15) is 0 Å². The summed E-state index contributed by atoms with van der Waals surface area (Å²) in [7, 11) is 0. The highest BCUT2D eigenvalue weighted by Gasteiger charge is 2.60. The molecule has 3 nitrogen and oxygen atoms in total. The predicted octanol–water partition coefficient (Wildman–Crippen LogP) is 11.4. The molecule has 3 heteroatoms. The fraction of sp³-hybridized carbons (Fsp3) is 0.184. The van der Waals surface area contributed by atoms with Crippen LogP contribution in [-0.4, -0.2) is 23.1 Å². The van der Waals surface area contributed by atoms with Crippen LogP contribution in [0.2, 0.25) is 0 Å². The fourth-order valence-electron chi connectivity index (χ4n) is 8.18. The standard InChI is InChI=1S/C49H44O3/c1-6-41(29-37-19-8-7-15-33(37)2)48(5,42-26-23-34-16-9-12-20-38(34)30-42)45-46(52-47(3,4)51-45)49(50,43-27-24-35-17-10-13-21-39(35)31-43)44-28-25-36-18-11-14-22-40(36)32-44/h6-32,45-46,50H,1H2,2-5H3/b41-29+. The number of rotatable bonds is 8. The van der Waals surface area contributed by atoms with Crippen LogP contribution in [0.4, 0.5) is 0 Å². The molecule has 52 heavy (non-hydrogen) atoms. The third kappa shape index (κ3) is 5.76. The van der Waals surface area contributed by atoms with Crippen molar-refractivity contribution in [1.29, 1.82) is 0 Å². The first-order chi connectivity index (χ1) is 25.1. The van der Waals surface area contributed by atoms with Gasteiger partial charge in [-0.25, -0.2) is 0 Å². The lowest BCUT2D eigenvalue weighted by Gasteiger charge is -2.44. The van der Waals surface area contributed by atoms with Gasteiger partial charge in [0.2, 0.25) is 0 Å². The van der Waals surface area contributed by atoms with E-state index in [4.69, 9.17) is 9.47 Å². The molecule has 0 aliphatic carbocycles. The molecule has 3 atom stereocenters. The van der Waals surface area contributed by atoms with Crippen molar-refractivity contribution in [1.82, 2.24) is 0 Å². The van der Waals surface area contributed by atoms with Gasteiger partial charge in [-0.05, 0) is 106 Å². The number of aryl methyl sites for hydroxylation is 1. The van der Waals surface area contributed by atoms with E-state index in [2.05, 4.69) is 142 Å². The molecule has 8 rings (SSSR count). The molecule has 0 saturated carbocycles. The van der Waals surface area contributed by atoms with Crippen LogP contribution in [0.15, 0.2) is 170 Å². The number of hydrogen-bond acceptors (Lipinski definition) is 3. The zero-order chi connectivity index (χ0) is 36.1. The van der Waals surface area contributed by atoms with Crippen molar-refractivity contribution in [2.75, 3.05) is 0 Å². The van der Waals surface area contributed by atoms with E-state index in [1.54, 1.807) is 0 Å². The smallest absolute Gasteiger partial charge is 0.164 e. The highest BCUT2D eigenvalue weighted by atomic mass is 16.8. The SMILES string of the molecule is C=C/C(=C\c1ccccc1C)C(C)(c1ccc2ccccc2c1)C1OC(C)(C)OC1C(O)(c1ccc2ccccc2c1)c1ccc2ccccc2c1. The van der Waals surface area contributed by atoms with Crippen molar-refractivity contribution in [3.8, 4) is 0 Å². The van der Waals surface area contributed by atoms with E-state index in [9.17, 15) is 5.11 Å². The van der Waals surface area contributed by atoms with E-state index >= 15 is 0 Å². The molecule has 0 bridgehead atoms. The molecule has 1 N–H and O–H groups in total. The molecule has 1 aliphatic heterocycles. The van der Waals surface area contributed by atoms with E-state index in [1.807, 2.05) is 56.3 Å². The lowest BCUT2D eigenvalue weighted by Crippen LogP contribution is -2.54. The summed E-state index contributed by atoms with van der Waals surface area (Å²) in [6.07, 6.45) is 2.65. The predicted molar refractivity (Wildman–Crippen MR) is 215 cm³/mol. The zero-order valence-corrected chi connectivity index (χ0v) is 30.2. The molecule has 3 unspecified atom stereocenters. The Morgan fingerprint density at radius 1 is 0.596 bits per heavy atom. The van der Waals surface area contributed by atoms with Gasteiger partial charge in [0.05, 0.1) is 0 Å². The molecule has 0 spiro atoms. The van der Waals surface area contributed by atoms with Crippen LogP contribution in [0.3, 0.4) is 0 Å². The Kier molecular flexibility index (Phi) is 8.47. The summed E-state index contributed by atoms with van der Waals surface area (Å²) in [5, 5.41) is 20.4. The van der Waals surface area contributed by atoms with Crippen LogP contribution < -0.4 is 0 Å². The monoisotopic (exact) mass is 680 g/mol. The minimum Gasteiger partial charge on any atom is -0.378 e. The number of hydrogen-bond donors (Lipinski definition) is 1. The van der Waals surface area contributed by atoms with Gasteiger partial charge in [-0.15, -0.1) is 0 Å². The Morgan fingerprint density at radius 3 is 1.52 bits per heavy atom. The van der Waals surface area contributed by atoms with E-state index < -0.39 is 29.0 Å². The highest BCUT2D eigenvalue weighted by Crippen LogP contribution is 2.52. The van der Waals surface area contributed by atoms with Crippen molar-refractivity contribution < 1.29 is 14.6 Å². The summed E-state index contributed by atoms with van der Waals surface area (Å²) < 4.78 is 14.2. The molecule has 1 aliphatic rings. The summed E-state index contributed by atoms with van der Waals surface area (Å²) in [5.74, 6) is -1.02. The first-order valence-corrected chi connectivity index (χ1v) is 18.1. The maximum Gasteiger partial charge on any atom is 0.164 e. The largest absolute Gasteiger partial charge is 0.378 e. The van der Waals surface area contributed by atoms with Gasteiger partial charge in [0.25, 0.3) is 0 Å². The Labute approximate surface area is 306 Å². The third-order valence-electron chi connectivity index (χ3n) is 11.1. The third-order valence-corrected chi connectivity index (χ3v) is 11.1. The van der Waals surface area contributed by atoms with Crippen LogP contribution in [0, 0.1) is 6.92 Å². The van der Waals surface area contributed by atoms with E-state index in [0.29, 0.717) is 0 Å². The molecular formula is C49H44O3. The molecule has 258 valence electrons. The summed E-state index contributed by atoms with van der Waals surface area (Å²) in [4.78, 5) is 0. The van der Waals surface area contributed by atoms with Gasteiger partial charge in [-0.1, -0.05) is 158 Å². The Hall–Kier alpha value is -5.32. The fourth-order valence-corrected chi connectivity index (χ4v) is 8.18. The van der Waals surface area contributed by atoms with Crippen molar-refractivity contribution in [3.63, 3.8) is 0 Å². The first-order valence-electron chi connectivity index (χ1n) is 18.1. The topological polar surface area (TPSA) is 38.7 Å². The Bertz CT molecular complexity index is 2410. The minimum atomic E-state index is -1.63. The summed E-state index contributed by atoms with van der Waals surface area (Å²) in [5.41, 5.74) is 3.27. The molecule has 0 radical (unpaired) electrons. The van der Waals surface area contributed by atoms with Crippen LogP contribution >= 0.6 is 0 Å². The maximum atomic E-state index is 13.8. The number of ether oxygens (including phenoxy) is 2. The average Bonchev–Trinajstić information content (AvgIpc) is 3.52. The van der Waals surface area contributed by atoms with E-state index in [0.717, 1.165) is 65.7 Å². The molecule has 0 aromatic heterocycles.